The summed E-state index contributed by atoms with van der Waals surface area (Å²) in [4.78, 5) is 47.9. The van der Waals surface area contributed by atoms with E-state index in [-0.39, 0.29) is 17.4 Å². The lowest BCUT2D eigenvalue weighted by molar-refractivity contribution is -0.148. The van der Waals surface area contributed by atoms with Crippen LogP contribution in [0.25, 0.3) is 0 Å². The third-order valence-electron chi connectivity index (χ3n) is 2.32. The second-order valence-corrected chi connectivity index (χ2v) is 4.59. The van der Waals surface area contributed by atoms with Gasteiger partial charge in [-0.2, -0.15) is 0 Å². The summed E-state index contributed by atoms with van der Waals surface area (Å²) in [5, 5.41) is 0. The van der Waals surface area contributed by atoms with Gasteiger partial charge in [0.15, 0.2) is 13.2 Å². The number of likely N-dealkylation sites (N-methyl/N-ethyl adjacent to an activating group) is 2. The molecule has 0 aliphatic carbocycles. The van der Waals surface area contributed by atoms with E-state index in [1.807, 2.05) is 0 Å². The molecule has 0 aliphatic heterocycles. The van der Waals surface area contributed by atoms with Crippen LogP contribution in [0.1, 0.15) is 6.92 Å². The summed E-state index contributed by atoms with van der Waals surface area (Å²) in [7, 11) is 6.10. The molecule has 0 saturated heterocycles. The van der Waals surface area contributed by atoms with Gasteiger partial charge in [-0.25, -0.2) is 9.59 Å². The summed E-state index contributed by atoms with van der Waals surface area (Å²) in [6.45, 7) is 0.520. The van der Waals surface area contributed by atoms with Crippen LogP contribution in [0, 0.1) is 0 Å². The fourth-order valence-corrected chi connectivity index (χ4v) is 0.910. The third-order valence-corrected chi connectivity index (χ3v) is 2.32. The van der Waals surface area contributed by atoms with Crippen LogP contribution in [-0.4, -0.2) is 75.0 Å². The highest BCUT2D eigenvalue weighted by molar-refractivity contribution is 5.97. The second kappa shape index (κ2) is 8.72. The first kappa shape index (κ1) is 18.6. The van der Waals surface area contributed by atoms with Gasteiger partial charge in [-0.1, -0.05) is 0 Å². The average molecular weight is 300 g/mol. The van der Waals surface area contributed by atoms with E-state index in [4.69, 9.17) is 4.74 Å². The Balaban J connectivity index is 4.32. The van der Waals surface area contributed by atoms with E-state index < -0.39 is 25.2 Å². The number of carbonyl (C=O) groups excluding carboxylic acids is 4. The smallest absolute Gasteiger partial charge is 0.334 e. The fraction of sp³-hybridized carbons (Fsp3) is 0.538. The highest BCUT2D eigenvalue weighted by Crippen LogP contribution is 1.99. The van der Waals surface area contributed by atoms with Crippen LogP contribution in [0.3, 0.4) is 0 Å². The van der Waals surface area contributed by atoms with E-state index in [2.05, 4.69) is 4.74 Å². The zero-order chi connectivity index (χ0) is 16.6. The lowest BCUT2D eigenvalue weighted by Gasteiger charge is -2.11. The third kappa shape index (κ3) is 7.71. The number of nitrogens with zero attached hydrogens (tertiary/aromatic N) is 2. The number of rotatable bonds is 6. The van der Waals surface area contributed by atoms with Crippen LogP contribution >= 0.6 is 0 Å². The van der Waals surface area contributed by atoms with Crippen molar-refractivity contribution in [2.45, 2.75) is 6.92 Å². The molecule has 0 fully saturated rings. The zero-order valence-electron chi connectivity index (χ0n) is 12.8. The monoisotopic (exact) mass is 300 g/mol. The number of hydrogen-bond acceptors (Lipinski definition) is 6. The Hall–Kier alpha value is -2.38. The van der Waals surface area contributed by atoms with Gasteiger partial charge in [0.1, 0.15) is 0 Å². The molecule has 8 heteroatoms. The molecule has 0 aromatic heterocycles. The summed E-state index contributed by atoms with van der Waals surface area (Å²) in [5.74, 6) is -2.40. The normalized spacial score (nSPS) is 10.6. The lowest BCUT2D eigenvalue weighted by atomic mass is 10.3. The number of esters is 2. The minimum atomic E-state index is -0.835. The minimum Gasteiger partial charge on any atom is -0.452 e. The Morgan fingerprint density at radius 3 is 1.71 bits per heavy atom. The number of carbonyl (C=O) groups is 4. The van der Waals surface area contributed by atoms with Crippen molar-refractivity contribution >= 4 is 23.8 Å². The van der Waals surface area contributed by atoms with Crippen LogP contribution in [-0.2, 0) is 28.7 Å². The first-order chi connectivity index (χ1) is 9.65. The molecule has 0 rings (SSSR count). The molecule has 0 saturated carbocycles. The Kier molecular flexibility index (Phi) is 7.74. The molecule has 2 amide bonds. The molecule has 0 atom stereocenters. The molecule has 118 valence electrons. The SMILES string of the molecule is C/C(=C\C(=O)OCC(=O)N(C)C)C(=O)OCC(=O)N(C)C. The summed E-state index contributed by atoms with van der Waals surface area (Å²) in [6, 6.07) is 0. The van der Waals surface area contributed by atoms with Gasteiger partial charge in [-0.05, 0) is 6.92 Å². The van der Waals surface area contributed by atoms with E-state index in [1.165, 1.54) is 44.9 Å². The van der Waals surface area contributed by atoms with Crippen LogP contribution in [0.2, 0.25) is 0 Å². The van der Waals surface area contributed by atoms with Crippen molar-refractivity contribution in [3.05, 3.63) is 11.6 Å². The molecule has 0 aliphatic rings. The topological polar surface area (TPSA) is 93.2 Å². The van der Waals surface area contributed by atoms with Gasteiger partial charge in [0, 0.05) is 39.8 Å². The fourth-order valence-electron chi connectivity index (χ4n) is 0.910. The Labute approximate surface area is 123 Å². The molecule has 21 heavy (non-hydrogen) atoms. The van der Waals surface area contributed by atoms with Crippen molar-refractivity contribution in [3.8, 4) is 0 Å². The van der Waals surface area contributed by atoms with Gasteiger partial charge in [0.25, 0.3) is 11.8 Å². The van der Waals surface area contributed by atoms with Crippen molar-refractivity contribution in [1.82, 2.24) is 9.80 Å². The Bertz CT molecular complexity index is 454. The van der Waals surface area contributed by atoms with E-state index in [9.17, 15) is 19.2 Å². The van der Waals surface area contributed by atoms with Crippen molar-refractivity contribution in [2.24, 2.45) is 0 Å². The minimum absolute atomic E-state index is 0.0242. The standard InChI is InChI=1S/C13H20N2O6/c1-9(13(19)21-8-11(17)15(4)5)6-12(18)20-7-10(16)14(2)3/h6H,7-8H2,1-5H3/b9-6+. The van der Waals surface area contributed by atoms with Crippen LogP contribution in [0.5, 0.6) is 0 Å². The summed E-state index contributed by atoms with van der Waals surface area (Å²) < 4.78 is 9.37. The zero-order valence-corrected chi connectivity index (χ0v) is 12.8. The van der Waals surface area contributed by atoms with Crippen molar-refractivity contribution in [3.63, 3.8) is 0 Å². The maximum Gasteiger partial charge on any atom is 0.334 e. The predicted octanol–water partition coefficient (Wildman–Crippen LogP) is -0.804. The van der Waals surface area contributed by atoms with Gasteiger partial charge < -0.3 is 19.3 Å². The second-order valence-electron chi connectivity index (χ2n) is 4.59. The average Bonchev–Trinajstić information content (AvgIpc) is 2.40. The molecule has 0 bridgehead atoms. The Morgan fingerprint density at radius 1 is 0.857 bits per heavy atom. The van der Waals surface area contributed by atoms with Gasteiger partial charge in [0.2, 0.25) is 0 Å². The van der Waals surface area contributed by atoms with Crippen molar-refractivity contribution < 1.29 is 28.7 Å². The van der Waals surface area contributed by atoms with Gasteiger partial charge in [-0.3, -0.25) is 9.59 Å². The van der Waals surface area contributed by atoms with Gasteiger partial charge in [0.05, 0.1) is 0 Å². The highest BCUT2D eigenvalue weighted by atomic mass is 16.5. The molecule has 0 aromatic rings. The van der Waals surface area contributed by atoms with E-state index in [1.54, 1.807) is 0 Å². The number of amides is 2. The molecular formula is C13H20N2O6. The maximum absolute atomic E-state index is 11.5. The van der Waals surface area contributed by atoms with Crippen LogP contribution in [0.15, 0.2) is 11.6 Å². The molecule has 0 spiro atoms. The summed E-state index contributed by atoms with van der Waals surface area (Å²) >= 11 is 0. The van der Waals surface area contributed by atoms with Crippen LogP contribution < -0.4 is 0 Å². The molecule has 0 N–H and O–H groups in total. The first-order valence-corrected chi connectivity index (χ1v) is 6.07. The molecule has 0 aromatic carbocycles. The van der Waals surface area contributed by atoms with E-state index >= 15 is 0 Å². The van der Waals surface area contributed by atoms with Crippen molar-refractivity contribution in [2.75, 3.05) is 41.4 Å². The predicted molar refractivity (Wildman–Crippen MR) is 73.1 cm³/mol. The Morgan fingerprint density at radius 2 is 1.29 bits per heavy atom. The molecule has 0 unspecified atom stereocenters. The number of hydrogen-bond donors (Lipinski definition) is 0. The van der Waals surface area contributed by atoms with E-state index in [0.717, 1.165) is 6.08 Å². The molecule has 0 heterocycles. The molecular weight excluding hydrogens is 280 g/mol. The quantitative estimate of drug-likeness (QED) is 0.471. The molecule has 0 radical (unpaired) electrons. The summed E-state index contributed by atoms with van der Waals surface area (Å²) in [6.07, 6.45) is 0.908. The lowest BCUT2D eigenvalue weighted by Crippen LogP contribution is -2.28. The van der Waals surface area contributed by atoms with Gasteiger partial charge >= 0.3 is 11.9 Å². The number of ether oxygens (including phenoxy) is 2. The van der Waals surface area contributed by atoms with Gasteiger partial charge in [-0.15, -0.1) is 0 Å². The van der Waals surface area contributed by atoms with Crippen LogP contribution in [0.4, 0.5) is 0 Å². The highest BCUT2D eigenvalue weighted by Gasteiger charge is 2.13. The molecule has 8 nitrogen and oxygen atoms in total. The van der Waals surface area contributed by atoms with E-state index in [0.29, 0.717) is 0 Å². The maximum atomic E-state index is 11.5. The van der Waals surface area contributed by atoms with Crippen molar-refractivity contribution in [1.29, 1.82) is 0 Å². The first-order valence-electron chi connectivity index (χ1n) is 6.07. The largest absolute Gasteiger partial charge is 0.452 e. The summed E-state index contributed by atoms with van der Waals surface area (Å²) in [5.41, 5.74) is -0.0242.